The van der Waals surface area contributed by atoms with Crippen LogP contribution in [0.4, 0.5) is 0 Å². The van der Waals surface area contributed by atoms with Gasteiger partial charge < -0.3 is 15.5 Å². The molecule has 1 aromatic rings. The summed E-state index contributed by atoms with van der Waals surface area (Å²) >= 11 is 12.6. The van der Waals surface area contributed by atoms with E-state index < -0.39 is 18.1 Å². The lowest BCUT2D eigenvalue weighted by Gasteiger charge is -2.20. The van der Waals surface area contributed by atoms with Gasteiger partial charge in [-0.05, 0) is 13.0 Å². The number of halogens is 2. The Labute approximate surface area is 107 Å². The Balaban J connectivity index is 2.63. The van der Waals surface area contributed by atoms with E-state index in [-0.39, 0.29) is 12.1 Å². The highest BCUT2D eigenvalue weighted by atomic mass is 35.5. The van der Waals surface area contributed by atoms with Gasteiger partial charge in [0.05, 0.1) is 16.5 Å². The summed E-state index contributed by atoms with van der Waals surface area (Å²) in [5, 5.41) is 20.7. The molecule has 0 saturated carbocycles. The molecule has 0 saturated heterocycles. The zero-order valence-corrected chi connectivity index (χ0v) is 10.8. The molecule has 1 atom stereocenters. The zero-order valence-electron chi connectivity index (χ0n) is 8.46. The van der Waals surface area contributed by atoms with Crippen LogP contribution in [-0.2, 0) is 0 Å². The van der Waals surface area contributed by atoms with Crippen molar-refractivity contribution in [2.75, 3.05) is 13.2 Å². The lowest BCUT2D eigenvalue weighted by atomic mass is 10.1. The van der Waals surface area contributed by atoms with Crippen LogP contribution in [0.3, 0.4) is 0 Å². The van der Waals surface area contributed by atoms with Crippen molar-refractivity contribution in [2.24, 2.45) is 0 Å². The molecule has 1 unspecified atom stereocenters. The molecule has 1 amide bonds. The number of hydrogen-bond donors (Lipinski definition) is 3. The fourth-order valence-corrected chi connectivity index (χ4v) is 2.38. The van der Waals surface area contributed by atoms with Crippen molar-refractivity contribution in [1.29, 1.82) is 0 Å². The van der Waals surface area contributed by atoms with E-state index >= 15 is 0 Å². The van der Waals surface area contributed by atoms with Crippen LogP contribution in [-0.4, -0.2) is 34.9 Å². The molecule has 0 spiro atoms. The van der Waals surface area contributed by atoms with Gasteiger partial charge in [0, 0.05) is 6.54 Å². The Morgan fingerprint density at radius 1 is 1.62 bits per heavy atom. The number of hydrogen-bond acceptors (Lipinski definition) is 4. The topological polar surface area (TPSA) is 69.6 Å². The fourth-order valence-electron chi connectivity index (χ4n) is 0.917. The predicted molar refractivity (Wildman–Crippen MR) is 64.4 cm³/mol. The summed E-state index contributed by atoms with van der Waals surface area (Å²) in [6, 6.07) is 1.46. The standard InChI is InChI=1S/C9H11Cl2NO3S/c1-9(15,4-13)3-12-8(14)5-2-6(10)16-7(5)11/h2,13,15H,3-4H2,1H3,(H,12,14). The van der Waals surface area contributed by atoms with Gasteiger partial charge in [0.25, 0.3) is 5.91 Å². The molecule has 90 valence electrons. The molecule has 1 aromatic heterocycles. The van der Waals surface area contributed by atoms with Crippen LogP contribution in [0, 0.1) is 0 Å². The fraction of sp³-hybridized carbons (Fsp3) is 0.444. The van der Waals surface area contributed by atoms with E-state index in [2.05, 4.69) is 5.32 Å². The minimum atomic E-state index is -1.35. The highest BCUT2D eigenvalue weighted by Crippen LogP contribution is 2.30. The van der Waals surface area contributed by atoms with E-state index in [9.17, 15) is 9.90 Å². The van der Waals surface area contributed by atoms with Gasteiger partial charge in [-0.1, -0.05) is 23.2 Å². The first-order valence-corrected chi connectivity index (χ1v) is 5.99. The Bertz CT molecular complexity index is 392. The third-order valence-electron chi connectivity index (χ3n) is 1.87. The molecular weight excluding hydrogens is 273 g/mol. The Hall–Kier alpha value is -0.330. The van der Waals surface area contributed by atoms with E-state index in [1.54, 1.807) is 0 Å². The molecule has 0 radical (unpaired) electrons. The van der Waals surface area contributed by atoms with Crippen molar-refractivity contribution >= 4 is 40.4 Å². The number of aliphatic hydroxyl groups excluding tert-OH is 1. The van der Waals surface area contributed by atoms with Gasteiger partial charge in [0.15, 0.2) is 0 Å². The molecule has 3 N–H and O–H groups in total. The number of nitrogens with one attached hydrogen (secondary N) is 1. The minimum absolute atomic E-state index is 0.0634. The molecule has 0 fully saturated rings. The monoisotopic (exact) mass is 283 g/mol. The van der Waals surface area contributed by atoms with Crippen molar-refractivity contribution in [3.8, 4) is 0 Å². The van der Waals surface area contributed by atoms with Gasteiger partial charge in [-0.25, -0.2) is 0 Å². The lowest BCUT2D eigenvalue weighted by molar-refractivity contribution is 0.00320. The predicted octanol–water partition coefficient (Wildman–Crippen LogP) is 1.53. The van der Waals surface area contributed by atoms with Crippen molar-refractivity contribution in [3.63, 3.8) is 0 Å². The maximum absolute atomic E-state index is 11.6. The van der Waals surface area contributed by atoms with Crippen molar-refractivity contribution in [2.45, 2.75) is 12.5 Å². The van der Waals surface area contributed by atoms with Crippen molar-refractivity contribution < 1.29 is 15.0 Å². The van der Waals surface area contributed by atoms with Crippen molar-refractivity contribution in [1.82, 2.24) is 5.32 Å². The van der Waals surface area contributed by atoms with Crippen LogP contribution in [0.25, 0.3) is 0 Å². The summed E-state index contributed by atoms with van der Waals surface area (Å²) in [5.41, 5.74) is -1.08. The molecule has 0 aliphatic carbocycles. The molecule has 0 aliphatic rings. The number of carbonyl (C=O) groups excluding carboxylic acids is 1. The van der Waals surface area contributed by atoms with E-state index in [4.69, 9.17) is 28.3 Å². The number of aliphatic hydroxyl groups is 2. The summed E-state index contributed by atoms with van der Waals surface area (Å²) in [6.45, 7) is 0.910. The largest absolute Gasteiger partial charge is 0.393 e. The normalized spacial score (nSPS) is 14.6. The van der Waals surface area contributed by atoms with E-state index in [1.807, 2.05) is 0 Å². The Morgan fingerprint density at radius 2 is 2.25 bits per heavy atom. The number of rotatable bonds is 4. The second-order valence-electron chi connectivity index (χ2n) is 3.58. The van der Waals surface area contributed by atoms with E-state index in [1.165, 1.54) is 13.0 Å². The van der Waals surface area contributed by atoms with Gasteiger partial charge in [-0.3, -0.25) is 4.79 Å². The zero-order chi connectivity index (χ0) is 12.3. The maximum atomic E-state index is 11.6. The van der Waals surface area contributed by atoms with Crippen molar-refractivity contribution in [3.05, 3.63) is 20.3 Å². The molecular formula is C9H11Cl2NO3S. The van der Waals surface area contributed by atoms with Crippen LogP contribution in [0.2, 0.25) is 8.67 Å². The maximum Gasteiger partial charge on any atom is 0.253 e. The minimum Gasteiger partial charge on any atom is -0.393 e. The number of thiophene rings is 1. The third kappa shape index (κ3) is 3.61. The van der Waals surface area contributed by atoms with Crippen LogP contribution in [0.1, 0.15) is 17.3 Å². The Kier molecular flexibility index (Phi) is 4.58. The molecule has 7 heteroatoms. The number of carbonyl (C=O) groups is 1. The Morgan fingerprint density at radius 3 is 2.69 bits per heavy atom. The summed E-state index contributed by atoms with van der Waals surface area (Å²) in [7, 11) is 0. The van der Waals surface area contributed by atoms with Gasteiger partial charge >= 0.3 is 0 Å². The van der Waals surface area contributed by atoms with E-state index in [0.717, 1.165) is 11.3 Å². The van der Waals surface area contributed by atoms with Crippen LogP contribution in [0.15, 0.2) is 6.07 Å². The average molecular weight is 284 g/mol. The molecule has 0 bridgehead atoms. The molecule has 1 rings (SSSR count). The highest BCUT2D eigenvalue weighted by molar-refractivity contribution is 7.20. The summed E-state index contributed by atoms with van der Waals surface area (Å²) < 4.78 is 0.718. The van der Waals surface area contributed by atoms with Gasteiger partial charge in [0.1, 0.15) is 9.94 Å². The molecule has 1 heterocycles. The summed E-state index contributed by atoms with van der Waals surface area (Å²) in [5.74, 6) is -0.429. The first-order chi connectivity index (χ1) is 7.35. The number of amides is 1. The average Bonchev–Trinajstić information content (AvgIpc) is 2.54. The molecule has 4 nitrogen and oxygen atoms in total. The van der Waals surface area contributed by atoms with Gasteiger partial charge in [-0.2, -0.15) is 0 Å². The second kappa shape index (κ2) is 5.33. The summed E-state index contributed by atoms with van der Waals surface area (Å²) in [4.78, 5) is 11.6. The lowest BCUT2D eigenvalue weighted by Crippen LogP contribution is -2.43. The first kappa shape index (κ1) is 13.7. The first-order valence-electron chi connectivity index (χ1n) is 4.42. The molecule has 0 aliphatic heterocycles. The molecule has 0 aromatic carbocycles. The van der Waals surface area contributed by atoms with Crippen LogP contribution < -0.4 is 5.32 Å². The van der Waals surface area contributed by atoms with Gasteiger partial charge in [0.2, 0.25) is 0 Å². The van der Waals surface area contributed by atoms with Gasteiger partial charge in [-0.15, -0.1) is 11.3 Å². The van der Waals surface area contributed by atoms with E-state index in [0.29, 0.717) is 8.67 Å². The van der Waals surface area contributed by atoms with Crippen LogP contribution in [0.5, 0.6) is 0 Å². The second-order valence-corrected chi connectivity index (χ2v) is 5.86. The summed E-state index contributed by atoms with van der Waals surface area (Å²) in [6.07, 6.45) is 0. The molecule has 16 heavy (non-hydrogen) atoms. The SMILES string of the molecule is CC(O)(CO)CNC(=O)c1cc(Cl)sc1Cl. The van der Waals surface area contributed by atoms with Crippen LogP contribution >= 0.6 is 34.5 Å². The quantitative estimate of drug-likeness (QED) is 0.785. The smallest absolute Gasteiger partial charge is 0.253 e. The highest BCUT2D eigenvalue weighted by Gasteiger charge is 2.21. The third-order valence-corrected chi connectivity index (χ3v) is 3.36.